The van der Waals surface area contributed by atoms with Gasteiger partial charge in [-0.1, -0.05) is 30.1 Å². The molecular weight excluding hydrogens is 304 g/mol. The lowest BCUT2D eigenvalue weighted by atomic mass is 10.1. The summed E-state index contributed by atoms with van der Waals surface area (Å²) in [5.74, 6) is 1.71. The number of fused-ring (bicyclic) bond motifs is 1. The molecule has 0 unspecified atom stereocenters. The lowest BCUT2D eigenvalue weighted by Crippen LogP contribution is -2.25. The van der Waals surface area contributed by atoms with E-state index >= 15 is 0 Å². The minimum absolute atomic E-state index is 0.530. The molecule has 0 bridgehead atoms. The highest BCUT2D eigenvalue weighted by Crippen LogP contribution is 2.34. The van der Waals surface area contributed by atoms with Crippen molar-refractivity contribution in [3.05, 3.63) is 30.6 Å². The number of anilines is 1. The monoisotopic (exact) mass is 324 g/mol. The fraction of sp³-hybridized carbons (Fsp3) is 0.389. The van der Waals surface area contributed by atoms with Gasteiger partial charge in [0.1, 0.15) is 29.0 Å². The molecule has 124 valence electrons. The van der Waals surface area contributed by atoms with Gasteiger partial charge >= 0.3 is 0 Å². The Bertz CT molecular complexity index is 838. The molecule has 0 amide bonds. The van der Waals surface area contributed by atoms with Crippen molar-refractivity contribution in [1.82, 2.24) is 15.1 Å². The van der Waals surface area contributed by atoms with Crippen LogP contribution in [-0.2, 0) is 0 Å². The van der Waals surface area contributed by atoms with E-state index in [1.165, 1.54) is 25.7 Å². The molecular formula is C18H20N4O2. The van der Waals surface area contributed by atoms with Crippen molar-refractivity contribution < 1.29 is 9.26 Å². The Morgan fingerprint density at radius 1 is 1.08 bits per heavy atom. The number of hydrogen-bond acceptors (Lipinski definition) is 6. The second kappa shape index (κ2) is 6.47. The molecule has 0 N–H and O–H groups in total. The number of benzene rings is 1. The molecule has 3 heterocycles. The first-order valence-electron chi connectivity index (χ1n) is 8.36. The van der Waals surface area contributed by atoms with E-state index in [9.17, 15) is 0 Å². The summed E-state index contributed by atoms with van der Waals surface area (Å²) in [4.78, 5) is 11.1. The van der Waals surface area contributed by atoms with E-state index < -0.39 is 0 Å². The van der Waals surface area contributed by atoms with E-state index in [0.29, 0.717) is 5.71 Å². The third-order valence-corrected chi connectivity index (χ3v) is 4.50. The quantitative estimate of drug-likeness (QED) is 0.732. The maximum absolute atomic E-state index is 5.47. The van der Waals surface area contributed by atoms with Crippen molar-refractivity contribution >= 4 is 16.9 Å². The zero-order valence-corrected chi connectivity index (χ0v) is 13.7. The van der Waals surface area contributed by atoms with Gasteiger partial charge in [-0.15, -0.1) is 0 Å². The van der Waals surface area contributed by atoms with E-state index in [4.69, 9.17) is 9.26 Å². The molecule has 1 aliphatic heterocycles. The Morgan fingerprint density at radius 3 is 2.71 bits per heavy atom. The molecule has 0 spiro atoms. The molecule has 3 aromatic rings. The minimum atomic E-state index is 0.530. The summed E-state index contributed by atoms with van der Waals surface area (Å²) in [5.41, 5.74) is 2.24. The Morgan fingerprint density at radius 2 is 1.92 bits per heavy atom. The Balaban J connectivity index is 1.84. The van der Waals surface area contributed by atoms with Crippen molar-refractivity contribution in [3.63, 3.8) is 0 Å². The van der Waals surface area contributed by atoms with Gasteiger partial charge in [-0.2, -0.15) is 4.98 Å². The first-order valence-corrected chi connectivity index (χ1v) is 8.36. The van der Waals surface area contributed by atoms with Gasteiger partial charge in [0.15, 0.2) is 0 Å². The van der Waals surface area contributed by atoms with E-state index in [1.807, 2.05) is 24.3 Å². The van der Waals surface area contributed by atoms with Crippen molar-refractivity contribution in [1.29, 1.82) is 0 Å². The summed E-state index contributed by atoms with van der Waals surface area (Å²) in [7, 11) is 1.66. The summed E-state index contributed by atoms with van der Waals surface area (Å²) in [6.07, 6.45) is 6.48. The smallest absolute Gasteiger partial charge is 0.263 e. The molecule has 6 heteroatoms. The number of rotatable bonds is 3. The van der Waals surface area contributed by atoms with Gasteiger partial charge < -0.3 is 14.2 Å². The Labute approximate surface area is 140 Å². The van der Waals surface area contributed by atoms with Crippen LogP contribution in [0.2, 0.25) is 0 Å². The van der Waals surface area contributed by atoms with E-state index in [-0.39, 0.29) is 0 Å². The van der Waals surface area contributed by atoms with Crippen molar-refractivity contribution in [2.75, 3.05) is 25.1 Å². The van der Waals surface area contributed by atoms with Gasteiger partial charge in [0.05, 0.1) is 7.11 Å². The molecule has 1 saturated heterocycles. The third-order valence-electron chi connectivity index (χ3n) is 4.50. The van der Waals surface area contributed by atoms with Crippen molar-refractivity contribution in [2.45, 2.75) is 25.7 Å². The summed E-state index contributed by atoms with van der Waals surface area (Å²) >= 11 is 0. The van der Waals surface area contributed by atoms with Gasteiger partial charge in [-0.05, 0) is 25.0 Å². The van der Waals surface area contributed by atoms with E-state index in [1.54, 1.807) is 13.4 Å². The standard InChI is InChI=1S/C18H20N4O2/c1-23-14-8-6-7-13(11-14)16-15-17(19-12-20-18(15)24-21-16)22-9-4-2-3-5-10-22/h6-8,11-12H,2-5,9-10H2,1H3. The number of methoxy groups -OCH3 is 1. The van der Waals surface area contributed by atoms with Crippen LogP contribution in [-0.4, -0.2) is 35.3 Å². The zero-order valence-electron chi connectivity index (χ0n) is 13.7. The predicted octanol–water partition coefficient (Wildman–Crippen LogP) is 3.67. The van der Waals surface area contributed by atoms with Crippen LogP contribution in [0.4, 0.5) is 5.82 Å². The van der Waals surface area contributed by atoms with Gasteiger partial charge in [0, 0.05) is 18.7 Å². The summed E-state index contributed by atoms with van der Waals surface area (Å²) in [6.45, 7) is 2.02. The highest BCUT2D eigenvalue weighted by molar-refractivity contribution is 5.98. The molecule has 1 fully saturated rings. The molecule has 1 aliphatic rings. The number of nitrogens with zero attached hydrogens (tertiary/aromatic N) is 4. The normalized spacial score (nSPS) is 15.5. The topological polar surface area (TPSA) is 64.3 Å². The molecule has 0 saturated carbocycles. The second-order valence-corrected chi connectivity index (χ2v) is 6.04. The van der Waals surface area contributed by atoms with Crippen LogP contribution in [0.25, 0.3) is 22.4 Å². The van der Waals surface area contributed by atoms with Crippen LogP contribution in [0.5, 0.6) is 5.75 Å². The van der Waals surface area contributed by atoms with Gasteiger partial charge in [0.2, 0.25) is 0 Å². The SMILES string of the molecule is COc1cccc(-c2noc3ncnc(N4CCCCCC4)c23)c1. The Hall–Kier alpha value is -2.63. The number of aromatic nitrogens is 3. The second-order valence-electron chi connectivity index (χ2n) is 6.04. The van der Waals surface area contributed by atoms with Crippen molar-refractivity contribution in [2.24, 2.45) is 0 Å². The third kappa shape index (κ3) is 2.68. The lowest BCUT2D eigenvalue weighted by molar-refractivity contribution is 0.415. The highest BCUT2D eigenvalue weighted by atomic mass is 16.5. The molecule has 6 nitrogen and oxygen atoms in total. The average molecular weight is 324 g/mol. The van der Waals surface area contributed by atoms with Gasteiger partial charge in [-0.3, -0.25) is 0 Å². The molecule has 4 rings (SSSR count). The average Bonchev–Trinajstić information content (AvgIpc) is 2.88. The van der Waals surface area contributed by atoms with E-state index in [2.05, 4.69) is 20.0 Å². The summed E-state index contributed by atoms with van der Waals surface area (Å²) < 4.78 is 10.8. The number of ether oxygens (including phenoxy) is 1. The molecule has 0 atom stereocenters. The van der Waals surface area contributed by atoms with Crippen LogP contribution in [0.15, 0.2) is 35.1 Å². The van der Waals surface area contributed by atoms with Crippen LogP contribution in [0.3, 0.4) is 0 Å². The highest BCUT2D eigenvalue weighted by Gasteiger charge is 2.21. The first kappa shape index (κ1) is 14.9. The Kier molecular flexibility index (Phi) is 4.02. The molecule has 0 radical (unpaired) electrons. The molecule has 2 aromatic heterocycles. The van der Waals surface area contributed by atoms with Crippen LogP contribution in [0.1, 0.15) is 25.7 Å². The molecule has 24 heavy (non-hydrogen) atoms. The maximum atomic E-state index is 5.47. The van der Waals surface area contributed by atoms with Crippen LogP contribution < -0.4 is 9.64 Å². The van der Waals surface area contributed by atoms with E-state index in [0.717, 1.165) is 41.3 Å². The van der Waals surface area contributed by atoms with Crippen molar-refractivity contribution in [3.8, 4) is 17.0 Å². The number of hydrogen-bond donors (Lipinski definition) is 0. The minimum Gasteiger partial charge on any atom is -0.497 e. The summed E-state index contributed by atoms with van der Waals surface area (Å²) in [6, 6.07) is 7.82. The van der Waals surface area contributed by atoms with Gasteiger partial charge in [-0.25, -0.2) is 4.98 Å². The maximum Gasteiger partial charge on any atom is 0.263 e. The molecule has 0 aliphatic carbocycles. The first-order chi connectivity index (χ1) is 11.9. The lowest BCUT2D eigenvalue weighted by Gasteiger charge is -2.21. The zero-order chi connectivity index (χ0) is 16.4. The predicted molar refractivity (Wildman–Crippen MR) is 92.3 cm³/mol. The largest absolute Gasteiger partial charge is 0.497 e. The van der Waals surface area contributed by atoms with Crippen LogP contribution >= 0.6 is 0 Å². The summed E-state index contributed by atoms with van der Waals surface area (Å²) in [5, 5.41) is 5.14. The molecule has 1 aromatic carbocycles. The fourth-order valence-corrected chi connectivity index (χ4v) is 3.26. The fourth-order valence-electron chi connectivity index (χ4n) is 3.26. The van der Waals surface area contributed by atoms with Crippen LogP contribution in [0, 0.1) is 0 Å². The van der Waals surface area contributed by atoms with Gasteiger partial charge in [0.25, 0.3) is 5.71 Å².